The molecule has 2 aromatic carbocycles. The minimum Gasteiger partial charge on any atom is -0.351 e. The fourth-order valence-electron chi connectivity index (χ4n) is 3.67. The molecule has 182 valence electrons. The number of nitrogens with zero attached hydrogens (tertiary/aromatic N) is 5. The van der Waals surface area contributed by atoms with E-state index in [1.807, 2.05) is 24.3 Å². The van der Waals surface area contributed by atoms with Crippen LogP contribution in [0.1, 0.15) is 17.0 Å². The molecule has 0 saturated carbocycles. The van der Waals surface area contributed by atoms with Crippen LogP contribution < -0.4 is 10.2 Å². The molecule has 2 heterocycles. The Hall–Kier alpha value is -3.34. The van der Waals surface area contributed by atoms with Crippen molar-refractivity contribution >= 4 is 45.9 Å². The number of nitro groups is 1. The molecule has 0 radical (unpaired) electrons. The summed E-state index contributed by atoms with van der Waals surface area (Å²) in [5.41, 5.74) is 1.89. The summed E-state index contributed by atoms with van der Waals surface area (Å²) in [6.45, 7) is 4.82. The number of halogens is 1. The minimum absolute atomic E-state index is 0.0243. The fraction of sp³-hybridized carbons (Fsp3) is 0.292. The van der Waals surface area contributed by atoms with Crippen LogP contribution in [0.25, 0.3) is 6.08 Å². The van der Waals surface area contributed by atoms with Crippen molar-refractivity contribution in [2.24, 2.45) is 0 Å². The number of amides is 1. The number of non-ortho nitro benzene ring substituents is 1. The summed E-state index contributed by atoms with van der Waals surface area (Å²) in [4.78, 5) is 31.6. The molecule has 0 aliphatic carbocycles. The highest BCUT2D eigenvalue weighted by molar-refractivity contribution is 7.09. The summed E-state index contributed by atoms with van der Waals surface area (Å²) in [6, 6.07) is 13.8. The number of rotatable bonds is 9. The fourth-order valence-corrected chi connectivity index (χ4v) is 4.53. The molecule has 1 saturated heterocycles. The van der Waals surface area contributed by atoms with Crippen LogP contribution in [0, 0.1) is 10.1 Å². The van der Waals surface area contributed by atoms with Gasteiger partial charge in [0.15, 0.2) is 0 Å². The van der Waals surface area contributed by atoms with Gasteiger partial charge < -0.3 is 10.2 Å². The van der Waals surface area contributed by atoms with Gasteiger partial charge in [0.05, 0.1) is 4.92 Å². The number of carbonyl (C=O) groups excluding carboxylic acids is 1. The van der Waals surface area contributed by atoms with Crippen molar-refractivity contribution in [2.45, 2.75) is 6.42 Å². The van der Waals surface area contributed by atoms with Crippen LogP contribution in [0.5, 0.6) is 0 Å². The van der Waals surface area contributed by atoms with E-state index in [1.54, 1.807) is 18.2 Å². The Bertz CT molecular complexity index is 1170. The molecular weight excluding hydrogens is 488 g/mol. The molecule has 1 aliphatic rings. The highest BCUT2D eigenvalue weighted by Gasteiger charge is 2.20. The van der Waals surface area contributed by atoms with Crippen LogP contribution in [-0.2, 0) is 11.2 Å². The van der Waals surface area contributed by atoms with Crippen molar-refractivity contribution in [3.05, 3.63) is 86.7 Å². The van der Waals surface area contributed by atoms with Crippen molar-refractivity contribution in [2.75, 3.05) is 44.2 Å². The van der Waals surface area contributed by atoms with Crippen LogP contribution in [0.15, 0.2) is 54.6 Å². The number of hydrogen-bond donors (Lipinski definition) is 1. The molecule has 1 N–H and O–H groups in total. The topological polar surface area (TPSA) is 104 Å². The number of hydrogen-bond acceptors (Lipinski definition) is 8. The molecule has 0 atom stereocenters. The number of anilines is 1. The second-order valence-corrected chi connectivity index (χ2v) is 9.26. The van der Waals surface area contributed by atoms with E-state index in [2.05, 4.69) is 19.5 Å². The highest BCUT2D eigenvalue weighted by Crippen LogP contribution is 2.21. The molecule has 0 spiro atoms. The standard InChI is InChI=1S/C24H25ClN6O3S/c25-20-6-1-19(2-7-20)17-22-27-24(35-28-22)30-15-13-29(14-16-30)12-11-26-23(32)10-5-18-3-8-21(9-4-18)31(33)34/h1-10H,11-17H2,(H,26,32). The van der Waals surface area contributed by atoms with Crippen molar-refractivity contribution in [1.29, 1.82) is 0 Å². The zero-order valence-corrected chi connectivity index (χ0v) is 20.5. The molecule has 3 aromatic rings. The first-order chi connectivity index (χ1) is 17.0. The van der Waals surface area contributed by atoms with E-state index in [9.17, 15) is 14.9 Å². The zero-order valence-electron chi connectivity index (χ0n) is 19.0. The SMILES string of the molecule is O=C(C=Cc1ccc([N+](=O)[O-])cc1)NCCN1CCN(c2nc(Cc3ccc(Cl)cc3)ns2)CC1. The third kappa shape index (κ3) is 7.32. The van der Waals surface area contributed by atoms with Gasteiger partial charge in [0, 0.05) is 80.5 Å². The molecule has 0 unspecified atom stereocenters. The predicted octanol–water partition coefficient (Wildman–Crippen LogP) is 3.64. The lowest BCUT2D eigenvalue weighted by Crippen LogP contribution is -2.48. The molecule has 1 aromatic heterocycles. The van der Waals surface area contributed by atoms with Gasteiger partial charge in [0.25, 0.3) is 5.69 Å². The smallest absolute Gasteiger partial charge is 0.269 e. The Labute approximate surface area is 212 Å². The average Bonchev–Trinajstić information content (AvgIpc) is 3.33. The first-order valence-corrected chi connectivity index (χ1v) is 12.4. The number of nitrogens with one attached hydrogen (secondary N) is 1. The van der Waals surface area contributed by atoms with Gasteiger partial charge in [-0.15, -0.1) is 0 Å². The normalized spacial score (nSPS) is 14.4. The van der Waals surface area contributed by atoms with Gasteiger partial charge in [0.1, 0.15) is 5.82 Å². The monoisotopic (exact) mass is 512 g/mol. The van der Waals surface area contributed by atoms with E-state index < -0.39 is 4.92 Å². The summed E-state index contributed by atoms with van der Waals surface area (Å²) in [6.07, 6.45) is 3.77. The van der Waals surface area contributed by atoms with E-state index in [4.69, 9.17) is 16.6 Å². The summed E-state index contributed by atoms with van der Waals surface area (Å²) >= 11 is 7.38. The van der Waals surface area contributed by atoms with Gasteiger partial charge in [-0.3, -0.25) is 19.8 Å². The van der Waals surface area contributed by atoms with Gasteiger partial charge in [-0.2, -0.15) is 4.37 Å². The van der Waals surface area contributed by atoms with E-state index >= 15 is 0 Å². The van der Waals surface area contributed by atoms with E-state index in [0.29, 0.717) is 13.0 Å². The summed E-state index contributed by atoms with van der Waals surface area (Å²) in [5, 5.41) is 15.2. The maximum absolute atomic E-state index is 12.1. The Morgan fingerprint density at radius 1 is 1.11 bits per heavy atom. The second-order valence-electron chi connectivity index (χ2n) is 8.10. The van der Waals surface area contributed by atoms with E-state index in [-0.39, 0.29) is 11.6 Å². The maximum atomic E-state index is 12.1. The molecule has 9 nitrogen and oxygen atoms in total. The zero-order chi connectivity index (χ0) is 24.6. The van der Waals surface area contributed by atoms with Gasteiger partial charge in [0.2, 0.25) is 11.0 Å². The maximum Gasteiger partial charge on any atom is 0.269 e. The summed E-state index contributed by atoms with van der Waals surface area (Å²) < 4.78 is 4.51. The summed E-state index contributed by atoms with van der Waals surface area (Å²) in [7, 11) is 0. The Morgan fingerprint density at radius 2 is 1.83 bits per heavy atom. The molecular formula is C24H25ClN6O3S. The quantitative estimate of drug-likeness (QED) is 0.265. The Balaban J connectivity index is 1.16. The number of nitro benzene ring substituents is 1. The lowest BCUT2D eigenvalue weighted by atomic mass is 10.1. The number of aromatic nitrogens is 2. The first kappa shape index (κ1) is 24.8. The molecule has 0 bridgehead atoms. The van der Waals surface area contributed by atoms with Crippen LogP contribution in [-0.4, -0.2) is 64.4 Å². The van der Waals surface area contributed by atoms with Crippen LogP contribution in [0.3, 0.4) is 0 Å². The number of piperazine rings is 1. The Kier molecular flexibility index (Phi) is 8.40. The van der Waals surface area contributed by atoms with Crippen LogP contribution in [0.2, 0.25) is 5.02 Å². The third-order valence-electron chi connectivity index (χ3n) is 5.63. The largest absolute Gasteiger partial charge is 0.351 e. The minimum atomic E-state index is -0.450. The van der Waals surface area contributed by atoms with Gasteiger partial charge in [-0.1, -0.05) is 23.7 Å². The average molecular weight is 513 g/mol. The molecule has 1 amide bonds. The molecule has 4 rings (SSSR count). The second kappa shape index (κ2) is 11.9. The van der Waals surface area contributed by atoms with E-state index in [0.717, 1.165) is 59.8 Å². The number of benzene rings is 2. The van der Waals surface area contributed by atoms with Crippen molar-refractivity contribution < 1.29 is 9.72 Å². The predicted molar refractivity (Wildman–Crippen MR) is 138 cm³/mol. The third-order valence-corrected chi connectivity index (χ3v) is 6.70. The van der Waals surface area contributed by atoms with E-state index in [1.165, 1.54) is 29.7 Å². The molecule has 1 fully saturated rings. The molecule has 11 heteroatoms. The van der Waals surface area contributed by atoms with Crippen LogP contribution >= 0.6 is 23.1 Å². The Morgan fingerprint density at radius 3 is 2.51 bits per heavy atom. The van der Waals surface area contributed by atoms with Crippen molar-refractivity contribution in [3.63, 3.8) is 0 Å². The van der Waals surface area contributed by atoms with Gasteiger partial charge in [-0.05, 0) is 41.5 Å². The molecule has 35 heavy (non-hydrogen) atoms. The van der Waals surface area contributed by atoms with Crippen LogP contribution in [0.4, 0.5) is 10.8 Å². The lowest BCUT2D eigenvalue weighted by Gasteiger charge is -2.34. The summed E-state index contributed by atoms with van der Waals surface area (Å²) in [5.74, 6) is 0.628. The highest BCUT2D eigenvalue weighted by atomic mass is 35.5. The van der Waals surface area contributed by atoms with Gasteiger partial charge in [-0.25, -0.2) is 4.98 Å². The number of carbonyl (C=O) groups is 1. The molecule has 1 aliphatic heterocycles. The van der Waals surface area contributed by atoms with Crippen molar-refractivity contribution in [1.82, 2.24) is 19.6 Å². The van der Waals surface area contributed by atoms with Crippen molar-refractivity contribution in [3.8, 4) is 0 Å². The van der Waals surface area contributed by atoms with Gasteiger partial charge >= 0.3 is 0 Å². The lowest BCUT2D eigenvalue weighted by molar-refractivity contribution is -0.384. The first-order valence-electron chi connectivity index (χ1n) is 11.2.